The van der Waals surface area contributed by atoms with Crippen molar-refractivity contribution in [3.05, 3.63) is 66.0 Å². The van der Waals surface area contributed by atoms with Crippen LogP contribution in [0.15, 0.2) is 54.9 Å². The highest BCUT2D eigenvalue weighted by Gasteiger charge is 2.33. The number of rotatable bonds is 20. The number of alkyl carbamates (subject to hydrolysis) is 1. The largest absolute Gasteiger partial charge is 0.445 e. The number of aromatic nitrogens is 1. The zero-order chi connectivity index (χ0) is 34.8. The molecule has 4 amide bonds. The standard InChI is InChI=1S/C35H53N5O6S/c1-7-12-27(32(42)40-31(24(4)5)34(44)37-20-25-13-9-8-10-14-25)18-30(41)28(17-23(2)3)38-33(43)29(22-47-6)39-35(45)46-21-26-15-11-16-36-19-26/h8-11,13-16,19,23-24,27-31,41H,7,12,17-18,20-22H2,1-6H3,(H,37,44)(H,38,43)(H,39,45)(H,40,42)/t27-,28+,29+,30?,31+/m1/s1. The highest BCUT2D eigenvalue weighted by Crippen LogP contribution is 2.20. The highest BCUT2D eigenvalue weighted by molar-refractivity contribution is 7.98. The number of hydrogen-bond donors (Lipinski definition) is 5. The molecule has 0 spiro atoms. The second kappa shape index (κ2) is 21.3. The maximum atomic E-state index is 13.6. The van der Waals surface area contributed by atoms with E-state index in [4.69, 9.17) is 4.74 Å². The van der Waals surface area contributed by atoms with Crippen LogP contribution in [-0.2, 0) is 32.3 Å². The number of carbonyl (C=O) groups is 4. The molecule has 260 valence electrons. The van der Waals surface area contributed by atoms with Crippen LogP contribution in [0.2, 0.25) is 0 Å². The van der Waals surface area contributed by atoms with Crippen molar-refractivity contribution < 1.29 is 29.0 Å². The Bertz CT molecular complexity index is 1230. The van der Waals surface area contributed by atoms with Crippen LogP contribution in [0.4, 0.5) is 4.79 Å². The normalized spacial score (nSPS) is 14.4. The number of carbonyl (C=O) groups excluding carboxylic acids is 4. The summed E-state index contributed by atoms with van der Waals surface area (Å²) in [5.74, 6) is -1.35. The molecule has 1 heterocycles. The highest BCUT2D eigenvalue weighted by atomic mass is 32.2. The van der Waals surface area contributed by atoms with Crippen LogP contribution in [0, 0.1) is 17.8 Å². The van der Waals surface area contributed by atoms with Crippen molar-refractivity contribution in [1.29, 1.82) is 0 Å². The predicted molar refractivity (Wildman–Crippen MR) is 185 cm³/mol. The molecule has 11 nitrogen and oxygen atoms in total. The van der Waals surface area contributed by atoms with E-state index in [1.165, 1.54) is 11.8 Å². The lowest BCUT2D eigenvalue weighted by atomic mass is 9.88. The summed E-state index contributed by atoms with van der Waals surface area (Å²) in [5, 5.41) is 22.8. The van der Waals surface area contributed by atoms with Gasteiger partial charge in [0.05, 0.1) is 12.1 Å². The summed E-state index contributed by atoms with van der Waals surface area (Å²) in [4.78, 5) is 56.6. The Hall–Kier alpha value is -3.64. The number of nitrogens with one attached hydrogen (secondary N) is 4. The van der Waals surface area contributed by atoms with Gasteiger partial charge in [-0.1, -0.05) is 77.4 Å². The molecule has 0 fully saturated rings. The summed E-state index contributed by atoms with van der Waals surface area (Å²) in [7, 11) is 0. The number of nitrogens with zero attached hydrogens (tertiary/aromatic N) is 1. The smallest absolute Gasteiger partial charge is 0.408 e. The van der Waals surface area contributed by atoms with Crippen molar-refractivity contribution in [3.63, 3.8) is 0 Å². The van der Waals surface area contributed by atoms with E-state index in [0.29, 0.717) is 37.1 Å². The van der Waals surface area contributed by atoms with Crippen LogP contribution >= 0.6 is 11.8 Å². The molecule has 0 radical (unpaired) electrons. The molecule has 5 N–H and O–H groups in total. The van der Waals surface area contributed by atoms with Gasteiger partial charge in [0.15, 0.2) is 0 Å². The van der Waals surface area contributed by atoms with Gasteiger partial charge in [0, 0.05) is 36.2 Å². The summed E-state index contributed by atoms with van der Waals surface area (Å²) in [6.45, 7) is 10.0. The fourth-order valence-corrected chi connectivity index (χ4v) is 5.70. The first-order chi connectivity index (χ1) is 22.4. The van der Waals surface area contributed by atoms with E-state index >= 15 is 0 Å². The number of amides is 4. The second-order valence-electron chi connectivity index (χ2n) is 12.6. The summed E-state index contributed by atoms with van der Waals surface area (Å²) in [6, 6.07) is 10.8. The van der Waals surface area contributed by atoms with Gasteiger partial charge in [-0.05, 0) is 49.0 Å². The molecule has 0 saturated carbocycles. The van der Waals surface area contributed by atoms with Crippen LogP contribution in [-0.4, -0.2) is 70.1 Å². The molecule has 0 aliphatic rings. The van der Waals surface area contributed by atoms with E-state index in [2.05, 4.69) is 26.3 Å². The molecule has 1 unspecified atom stereocenters. The van der Waals surface area contributed by atoms with Gasteiger partial charge in [0.25, 0.3) is 0 Å². The van der Waals surface area contributed by atoms with Crippen LogP contribution in [0.3, 0.4) is 0 Å². The Labute approximate surface area is 283 Å². The third kappa shape index (κ3) is 14.8. The average molecular weight is 672 g/mol. The molecule has 0 aliphatic carbocycles. The lowest BCUT2D eigenvalue weighted by Gasteiger charge is -2.31. The van der Waals surface area contributed by atoms with Gasteiger partial charge in [-0.15, -0.1) is 0 Å². The van der Waals surface area contributed by atoms with E-state index in [1.807, 2.05) is 71.2 Å². The monoisotopic (exact) mass is 671 g/mol. The Morgan fingerprint density at radius 3 is 2.19 bits per heavy atom. The fraction of sp³-hybridized carbons (Fsp3) is 0.571. The maximum absolute atomic E-state index is 13.6. The lowest BCUT2D eigenvalue weighted by Crippen LogP contribution is -2.55. The number of aliphatic hydroxyl groups excluding tert-OH is 1. The third-order valence-corrected chi connectivity index (χ3v) is 8.31. The van der Waals surface area contributed by atoms with Gasteiger partial charge >= 0.3 is 6.09 Å². The molecule has 47 heavy (non-hydrogen) atoms. The number of hydrogen-bond acceptors (Lipinski definition) is 8. The number of aliphatic hydroxyl groups is 1. The summed E-state index contributed by atoms with van der Waals surface area (Å²) in [5.41, 5.74) is 1.67. The topological polar surface area (TPSA) is 159 Å². The molecule has 5 atom stereocenters. The Morgan fingerprint density at radius 2 is 1.60 bits per heavy atom. The first kappa shape index (κ1) is 39.5. The van der Waals surface area contributed by atoms with Gasteiger partial charge in [-0.3, -0.25) is 19.4 Å². The maximum Gasteiger partial charge on any atom is 0.408 e. The molecule has 0 bridgehead atoms. The third-order valence-electron chi connectivity index (χ3n) is 7.64. The molecule has 2 aromatic rings. The van der Waals surface area contributed by atoms with E-state index in [1.54, 1.807) is 24.5 Å². The predicted octanol–water partition coefficient (Wildman–Crippen LogP) is 4.19. The first-order valence-corrected chi connectivity index (χ1v) is 17.8. The number of thioether (sulfide) groups is 1. The molecule has 1 aromatic heterocycles. The van der Waals surface area contributed by atoms with Crippen molar-refractivity contribution in [2.45, 2.75) is 97.7 Å². The van der Waals surface area contributed by atoms with Crippen LogP contribution < -0.4 is 21.3 Å². The molecular weight excluding hydrogens is 618 g/mol. The van der Waals surface area contributed by atoms with Crippen LogP contribution in [0.1, 0.15) is 71.4 Å². The van der Waals surface area contributed by atoms with E-state index in [0.717, 1.165) is 5.56 Å². The first-order valence-electron chi connectivity index (χ1n) is 16.4. The Morgan fingerprint density at radius 1 is 0.894 bits per heavy atom. The van der Waals surface area contributed by atoms with E-state index in [9.17, 15) is 24.3 Å². The van der Waals surface area contributed by atoms with Gasteiger partial charge in [0.2, 0.25) is 17.7 Å². The Kier molecular flexibility index (Phi) is 17.9. The fourth-order valence-electron chi connectivity index (χ4n) is 5.13. The van der Waals surface area contributed by atoms with Crippen LogP contribution in [0.25, 0.3) is 0 Å². The SMILES string of the molecule is CCC[C@H](CC(O)[C@H](CC(C)C)NC(=O)[C@H](CSC)NC(=O)OCc1cccnc1)C(=O)N[C@H](C(=O)NCc1ccccc1)C(C)C. The summed E-state index contributed by atoms with van der Waals surface area (Å²) >= 11 is 1.39. The Balaban J connectivity index is 2.07. The average Bonchev–Trinajstić information content (AvgIpc) is 3.04. The zero-order valence-corrected chi connectivity index (χ0v) is 29.3. The number of pyridine rings is 1. The minimum Gasteiger partial charge on any atom is -0.445 e. The minimum absolute atomic E-state index is 0.00913. The second-order valence-corrected chi connectivity index (χ2v) is 13.5. The lowest BCUT2D eigenvalue weighted by molar-refractivity contribution is -0.133. The van der Waals surface area contributed by atoms with Crippen molar-refractivity contribution in [3.8, 4) is 0 Å². The molecule has 12 heteroatoms. The summed E-state index contributed by atoms with van der Waals surface area (Å²) in [6.07, 6.45) is 5.01. The minimum atomic E-state index is -1.04. The number of ether oxygens (including phenoxy) is 1. The molecule has 0 aliphatic heterocycles. The molecular formula is C35H53N5O6S. The zero-order valence-electron chi connectivity index (χ0n) is 28.5. The van der Waals surface area contributed by atoms with Gasteiger partial charge < -0.3 is 31.1 Å². The van der Waals surface area contributed by atoms with Crippen molar-refractivity contribution in [2.75, 3.05) is 12.0 Å². The summed E-state index contributed by atoms with van der Waals surface area (Å²) < 4.78 is 5.28. The van der Waals surface area contributed by atoms with Crippen molar-refractivity contribution in [2.24, 2.45) is 17.8 Å². The van der Waals surface area contributed by atoms with Crippen molar-refractivity contribution in [1.82, 2.24) is 26.3 Å². The quantitative estimate of drug-likeness (QED) is 0.140. The number of benzene rings is 1. The molecule has 1 aromatic carbocycles. The van der Waals surface area contributed by atoms with Gasteiger partial charge in [-0.25, -0.2) is 4.79 Å². The van der Waals surface area contributed by atoms with E-state index < -0.39 is 42.1 Å². The van der Waals surface area contributed by atoms with Crippen LogP contribution in [0.5, 0.6) is 0 Å². The molecule has 2 rings (SSSR count). The van der Waals surface area contributed by atoms with Gasteiger partial charge in [0.1, 0.15) is 18.7 Å². The molecule has 0 saturated heterocycles. The van der Waals surface area contributed by atoms with E-state index in [-0.39, 0.29) is 36.7 Å². The van der Waals surface area contributed by atoms with Crippen molar-refractivity contribution >= 4 is 35.6 Å². The van der Waals surface area contributed by atoms with Gasteiger partial charge in [-0.2, -0.15) is 11.8 Å².